The molecular weight excluding hydrogens is 224 g/mol. The summed E-state index contributed by atoms with van der Waals surface area (Å²) >= 11 is 0. The summed E-state index contributed by atoms with van der Waals surface area (Å²) in [6, 6.07) is -0.285. The largest absolute Gasteiger partial charge is 0.395 e. The van der Waals surface area contributed by atoms with E-state index >= 15 is 0 Å². The van der Waals surface area contributed by atoms with Crippen molar-refractivity contribution in [3.05, 3.63) is 0 Å². The Morgan fingerprint density at radius 3 is 1.61 bits per heavy atom. The monoisotopic (exact) mass is 258 g/mol. The van der Waals surface area contributed by atoms with Gasteiger partial charge >= 0.3 is 0 Å². The maximum Gasteiger partial charge on any atom is 0.0597 e. The Balaban J connectivity index is 3.11. The summed E-state index contributed by atoms with van der Waals surface area (Å²) in [6.45, 7) is 2.26. The van der Waals surface area contributed by atoms with Crippen LogP contribution in [0.4, 0.5) is 0 Å². The summed E-state index contributed by atoms with van der Waals surface area (Å²) in [6.07, 6.45) is 14.3. The Morgan fingerprint density at radius 2 is 1.17 bits per heavy atom. The third-order valence-electron chi connectivity index (χ3n) is 3.65. The van der Waals surface area contributed by atoms with E-state index in [2.05, 4.69) is 6.92 Å². The van der Waals surface area contributed by atoms with Crippen LogP contribution < -0.4 is 11.5 Å². The first-order chi connectivity index (χ1) is 8.72. The molecule has 18 heavy (non-hydrogen) atoms. The lowest BCUT2D eigenvalue weighted by Crippen LogP contribution is -2.43. The van der Waals surface area contributed by atoms with Crippen LogP contribution in [0, 0.1) is 0 Å². The maximum atomic E-state index is 8.86. The fourth-order valence-electron chi connectivity index (χ4n) is 2.22. The number of aliphatic hydroxyl groups is 1. The standard InChI is InChI=1S/C15H34N2O/c1-2-3-4-5-6-7-8-9-10-11-12-14(16)15(17)13-18/h14-15,18H,2-13,16-17H2,1H3. The van der Waals surface area contributed by atoms with Crippen molar-refractivity contribution in [2.45, 2.75) is 89.6 Å². The average Bonchev–Trinajstić information content (AvgIpc) is 2.39. The van der Waals surface area contributed by atoms with Gasteiger partial charge in [0, 0.05) is 12.1 Å². The molecular formula is C15H34N2O. The highest BCUT2D eigenvalue weighted by Crippen LogP contribution is 2.12. The van der Waals surface area contributed by atoms with Gasteiger partial charge in [0.1, 0.15) is 0 Å². The van der Waals surface area contributed by atoms with Crippen LogP contribution in [0.2, 0.25) is 0 Å². The van der Waals surface area contributed by atoms with Crippen molar-refractivity contribution >= 4 is 0 Å². The number of hydrogen-bond acceptors (Lipinski definition) is 3. The molecule has 110 valence electrons. The maximum absolute atomic E-state index is 8.86. The molecule has 0 aliphatic heterocycles. The Kier molecular flexibility index (Phi) is 13.2. The molecule has 0 aliphatic carbocycles. The first kappa shape index (κ1) is 17.9. The van der Waals surface area contributed by atoms with Crippen molar-refractivity contribution in [3.63, 3.8) is 0 Å². The second-order valence-electron chi connectivity index (χ2n) is 5.48. The van der Waals surface area contributed by atoms with Crippen molar-refractivity contribution < 1.29 is 5.11 Å². The van der Waals surface area contributed by atoms with E-state index in [1.54, 1.807) is 0 Å². The van der Waals surface area contributed by atoms with E-state index in [0.717, 1.165) is 12.8 Å². The molecule has 0 radical (unpaired) electrons. The summed E-state index contributed by atoms with van der Waals surface area (Å²) in [5.41, 5.74) is 11.5. The van der Waals surface area contributed by atoms with Gasteiger partial charge < -0.3 is 16.6 Å². The van der Waals surface area contributed by atoms with Gasteiger partial charge in [0.05, 0.1) is 6.61 Å². The molecule has 3 heteroatoms. The lowest BCUT2D eigenvalue weighted by molar-refractivity contribution is 0.244. The van der Waals surface area contributed by atoms with Gasteiger partial charge in [0.25, 0.3) is 0 Å². The minimum atomic E-state index is -0.247. The SMILES string of the molecule is CCCCCCCCCCCCC(N)C(N)CO. The topological polar surface area (TPSA) is 72.3 Å². The highest BCUT2D eigenvalue weighted by atomic mass is 16.3. The number of nitrogens with two attached hydrogens (primary N) is 2. The molecule has 0 spiro atoms. The molecule has 5 N–H and O–H groups in total. The van der Waals surface area contributed by atoms with Crippen LogP contribution in [-0.4, -0.2) is 23.8 Å². The zero-order chi connectivity index (χ0) is 13.6. The Bertz CT molecular complexity index is 165. The second kappa shape index (κ2) is 13.3. The Morgan fingerprint density at radius 1 is 0.722 bits per heavy atom. The molecule has 0 aromatic heterocycles. The molecule has 0 saturated heterocycles. The predicted molar refractivity (Wildman–Crippen MR) is 79.5 cm³/mol. The Hall–Kier alpha value is -0.120. The molecule has 0 heterocycles. The fraction of sp³-hybridized carbons (Fsp3) is 1.00. The van der Waals surface area contributed by atoms with E-state index in [0.29, 0.717) is 0 Å². The van der Waals surface area contributed by atoms with E-state index in [1.165, 1.54) is 57.8 Å². The molecule has 0 rings (SSSR count). The lowest BCUT2D eigenvalue weighted by atomic mass is 10.0. The average molecular weight is 258 g/mol. The van der Waals surface area contributed by atoms with Crippen LogP contribution in [0.1, 0.15) is 77.6 Å². The van der Waals surface area contributed by atoms with Crippen molar-refractivity contribution in [2.24, 2.45) is 11.5 Å². The minimum absolute atomic E-state index is 0.00106. The molecule has 0 saturated carbocycles. The molecule has 0 bridgehead atoms. The number of unbranched alkanes of at least 4 members (excludes halogenated alkanes) is 9. The summed E-state index contributed by atoms with van der Waals surface area (Å²) in [4.78, 5) is 0. The molecule has 0 aromatic rings. The molecule has 3 nitrogen and oxygen atoms in total. The summed E-state index contributed by atoms with van der Waals surface area (Å²) in [7, 11) is 0. The Labute approximate surface area is 113 Å². The molecule has 0 aromatic carbocycles. The molecule has 0 fully saturated rings. The van der Waals surface area contributed by atoms with E-state index < -0.39 is 0 Å². The predicted octanol–water partition coefficient (Wildman–Crippen LogP) is 2.94. The molecule has 2 atom stereocenters. The van der Waals surface area contributed by atoms with E-state index in [9.17, 15) is 0 Å². The molecule has 0 aliphatic rings. The van der Waals surface area contributed by atoms with Crippen LogP contribution in [0.25, 0.3) is 0 Å². The summed E-state index contributed by atoms with van der Waals surface area (Å²) in [5, 5.41) is 8.86. The van der Waals surface area contributed by atoms with Gasteiger partial charge in [-0.05, 0) is 6.42 Å². The first-order valence-corrected chi connectivity index (χ1v) is 7.84. The third kappa shape index (κ3) is 11.0. The zero-order valence-corrected chi connectivity index (χ0v) is 12.2. The van der Waals surface area contributed by atoms with Crippen molar-refractivity contribution in [1.29, 1.82) is 0 Å². The van der Waals surface area contributed by atoms with E-state index in [4.69, 9.17) is 16.6 Å². The molecule has 0 amide bonds. The van der Waals surface area contributed by atoms with Crippen LogP contribution in [0.15, 0.2) is 0 Å². The first-order valence-electron chi connectivity index (χ1n) is 7.84. The highest BCUT2D eigenvalue weighted by Gasteiger charge is 2.10. The lowest BCUT2D eigenvalue weighted by Gasteiger charge is -2.17. The number of aliphatic hydroxyl groups excluding tert-OH is 1. The van der Waals surface area contributed by atoms with Gasteiger partial charge in [-0.2, -0.15) is 0 Å². The zero-order valence-electron chi connectivity index (χ0n) is 12.2. The van der Waals surface area contributed by atoms with Crippen molar-refractivity contribution in [2.75, 3.05) is 6.61 Å². The van der Waals surface area contributed by atoms with E-state index in [-0.39, 0.29) is 18.7 Å². The quantitative estimate of drug-likeness (QED) is 0.445. The van der Waals surface area contributed by atoms with Gasteiger partial charge in [0.15, 0.2) is 0 Å². The van der Waals surface area contributed by atoms with Crippen LogP contribution in [0.5, 0.6) is 0 Å². The smallest absolute Gasteiger partial charge is 0.0597 e. The third-order valence-corrected chi connectivity index (χ3v) is 3.65. The van der Waals surface area contributed by atoms with Gasteiger partial charge in [-0.3, -0.25) is 0 Å². The van der Waals surface area contributed by atoms with Crippen molar-refractivity contribution in [3.8, 4) is 0 Å². The number of hydrogen-bond donors (Lipinski definition) is 3. The van der Waals surface area contributed by atoms with Crippen LogP contribution in [0.3, 0.4) is 0 Å². The van der Waals surface area contributed by atoms with Gasteiger partial charge in [-0.25, -0.2) is 0 Å². The summed E-state index contributed by atoms with van der Waals surface area (Å²) < 4.78 is 0. The minimum Gasteiger partial charge on any atom is -0.395 e. The summed E-state index contributed by atoms with van der Waals surface area (Å²) in [5.74, 6) is 0. The van der Waals surface area contributed by atoms with Gasteiger partial charge in [-0.15, -0.1) is 0 Å². The van der Waals surface area contributed by atoms with Crippen molar-refractivity contribution in [1.82, 2.24) is 0 Å². The highest BCUT2D eigenvalue weighted by molar-refractivity contribution is 4.74. The van der Waals surface area contributed by atoms with Crippen LogP contribution in [-0.2, 0) is 0 Å². The van der Waals surface area contributed by atoms with Crippen LogP contribution >= 0.6 is 0 Å². The van der Waals surface area contributed by atoms with Gasteiger partial charge in [-0.1, -0.05) is 71.1 Å². The van der Waals surface area contributed by atoms with Gasteiger partial charge in [0.2, 0.25) is 0 Å². The van der Waals surface area contributed by atoms with E-state index in [1.807, 2.05) is 0 Å². The number of rotatable bonds is 13. The fourth-order valence-corrected chi connectivity index (χ4v) is 2.22. The normalized spacial score (nSPS) is 14.7. The second-order valence-corrected chi connectivity index (χ2v) is 5.48. The molecule has 2 unspecified atom stereocenters.